The van der Waals surface area contributed by atoms with Gasteiger partial charge in [0.2, 0.25) is 0 Å². The molecule has 4 heterocycles. The van der Waals surface area contributed by atoms with Crippen molar-refractivity contribution in [3.63, 3.8) is 0 Å². The van der Waals surface area contributed by atoms with Crippen LogP contribution in [0.1, 0.15) is 0 Å². The predicted octanol–water partition coefficient (Wildman–Crippen LogP) is 3.95. The van der Waals surface area contributed by atoms with E-state index in [2.05, 4.69) is 16.4 Å². The molecule has 1 atom stereocenters. The van der Waals surface area contributed by atoms with Gasteiger partial charge in [0.05, 0.1) is 29.6 Å². The number of hydrogen-bond donors (Lipinski definition) is 1. The van der Waals surface area contributed by atoms with E-state index in [1.54, 1.807) is 22.7 Å². The lowest BCUT2D eigenvalue weighted by Gasteiger charge is -2.21. The van der Waals surface area contributed by atoms with Gasteiger partial charge in [-0.15, -0.1) is 22.7 Å². The van der Waals surface area contributed by atoms with Crippen molar-refractivity contribution in [1.29, 1.82) is 0 Å². The lowest BCUT2D eigenvalue weighted by Crippen LogP contribution is -2.39. The highest BCUT2D eigenvalue weighted by Crippen LogP contribution is 2.42. The summed E-state index contributed by atoms with van der Waals surface area (Å²) in [5.74, 6) is -0.209. The number of rotatable bonds is 4. The fourth-order valence-electron chi connectivity index (χ4n) is 2.35. The Hall–Kier alpha value is -1.58. The van der Waals surface area contributed by atoms with Gasteiger partial charge in [0, 0.05) is 4.88 Å². The molecule has 0 aliphatic carbocycles. The fraction of sp³-hybridized carbons (Fsp3) is 0.250. The zero-order chi connectivity index (χ0) is 16.4. The highest BCUT2D eigenvalue weighted by atomic mass is 32.1. The first-order valence-corrected chi connectivity index (χ1v) is 9.97. The van der Waals surface area contributed by atoms with Crippen LogP contribution in [0.5, 0.6) is 0 Å². The quantitative estimate of drug-likeness (QED) is 0.747. The monoisotopic (exact) mass is 378 g/mol. The molecular weight excluding hydrogens is 364 g/mol. The van der Waals surface area contributed by atoms with Crippen molar-refractivity contribution >= 4 is 45.0 Å². The largest absolute Gasteiger partial charge is 0.376 e. The molecule has 0 saturated carbocycles. The molecule has 24 heavy (non-hydrogen) atoms. The standard InChI is InChI=1S/C16H14N2O3S3/c19-15(10-9-20-5-6-21-10)18-16-17-13(11-3-1-7-22-11)14(24-16)12-4-2-8-23-12/h1-4,7-8,10H,5-6,9H2,(H,17,18,19)/t10-/m0/s1. The van der Waals surface area contributed by atoms with Gasteiger partial charge in [-0.2, -0.15) is 0 Å². The van der Waals surface area contributed by atoms with Crippen LogP contribution in [-0.4, -0.2) is 36.8 Å². The number of ether oxygens (including phenoxy) is 2. The lowest BCUT2D eigenvalue weighted by molar-refractivity contribution is -0.142. The van der Waals surface area contributed by atoms with E-state index in [-0.39, 0.29) is 12.5 Å². The number of carbonyl (C=O) groups is 1. The van der Waals surface area contributed by atoms with Crippen LogP contribution in [-0.2, 0) is 14.3 Å². The Bertz CT molecular complexity index is 754. The summed E-state index contributed by atoms with van der Waals surface area (Å²) in [6.07, 6.45) is -0.571. The van der Waals surface area contributed by atoms with E-state index >= 15 is 0 Å². The number of thiazole rings is 1. The average Bonchev–Trinajstić information content (AvgIpc) is 3.36. The third-order valence-electron chi connectivity index (χ3n) is 3.47. The van der Waals surface area contributed by atoms with Gasteiger partial charge in [-0.3, -0.25) is 10.1 Å². The van der Waals surface area contributed by atoms with Crippen molar-refractivity contribution in [1.82, 2.24) is 4.98 Å². The van der Waals surface area contributed by atoms with Crippen molar-refractivity contribution in [2.24, 2.45) is 0 Å². The molecule has 0 radical (unpaired) electrons. The number of nitrogens with one attached hydrogen (secondary N) is 1. The van der Waals surface area contributed by atoms with E-state index in [4.69, 9.17) is 9.47 Å². The maximum absolute atomic E-state index is 12.3. The predicted molar refractivity (Wildman–Crippen MR) is 97.9 cm³/mol. The molecule has 5 nitrogen and oxygen atoms in total. The maximum atomic E-state index is 12.3. The van der Waals surface area contributed by atoms with Gasteiger partial charge in [0.25, 0.3) is 5.91 Å². The number of carbonyl (C=O) groups excluding carboxylic acids is 1. The summed E-state index contributed by atoms with van der Waals surface area (Å²) in [7, 11) is 0. The van der Waals surface area contributed by atoms with E-state index in [9.17, 15) is 4.79 Å². The lowest BCUT2D eigenvalue weighted by atomic mass is 10.3. The van der Waals surface area contributed by atoms with Gasteiger partial charge >= 0.3 is 0 Å². The van der Waals surface area contributed by atoms with Gasteiger partial charge in [-0.25, -0.2) is 4.98 Å². The first-order valence-electron chi connectivity index (χ1n) is 7.40. The number of aromatic nitrogens is 1. The highest BCUT2D eigenvalue weighted by molar-refractivity contribution is 7.24. The number of anilines is 1. The van der Waals surface area contributed by atoms with Crippen molar-refractivity contribution in [2.75, 3.05) is 25.1 Å². The van der Waals surface area contributed by atoms with E-state index in [0.717, 1.165) is 20.3 Å². The minimum absolute atomic E-state index is 0.209. The van der Waals surface area contributed by atoms with Crippen molar-refractivity contribution in [3.05, 3.63) is 35.0 Å². The molecule has 8 heteroatoms. The van der Waals surface area contributed by atoms with Crippen molar-refractivity contribution in [2.45, 2.75) is 6.10 Å². The fourth-order valence-corrected chi connectivity index (χ4v) is 4.98. The topological polar surface area (TPSA) is 60.5 Å². The third kappa shape index (κ3) is 3.28. The second kappa shape index (κ2) is 7.12. The second-order valence-corrected chi connectivity index (χ2v) is 7.97. The summed E-state index contributed by atoms with van der Waals surface area (Å²) in [6.45, 7) is 1.26. The van der Waals surface area contributed by atoms with Crippen LogP contribution in [0.3, 0.4) is 0 Å². The number of nitrogens with zero attached hydrogens (tertiary/aromatic N) is 1. The van der Waals surface area contributed by atoms with Crippen molar-refractivity contribution < 1.29 is 14.3 Å². The first-order chi connectivity index (χ1) is 11.8. The number of amides is 1. The van der Waals surface area contributed by atoms with Crippen LogP contribution in [0.25, 0.3) is 20.3 Å². The van der Waals surface area contributed by atoms with Gasteiger partial charge in [0.1, 0.15) is 5.69 Å². The molecule has 1 aliphatic heterocycles. The van der Waals surface area contributed by atoms with Gasteiger partial charge < -0.3 is 9.47 Å². The second-order valence-electron chi connectivity index (χ2n) is 5.07. The summed E-state index contributed by atoms with van der Waals surface area (Å²) >= 11 is 4.79. The molecule has 3 aromatic heterocycles. The molecule has 1 N–H and O–H groups in total. The zero-order valence-corrected chi connectivity index (χ0v) is 15.0. The normalized spacial score (nSPS) is 17.8. The molecule has 0 unspecified atom stereocenters. The molecule has 3 aromatic rings. The van der Waals surface area contributed by atoms with E-state index < -0.39 is 6.10 Å². The first kappa shape index (κ1) is 15.9. The minimum Gasteiger partial charge on any atom is -0.376 e. The van der Waals surface area contributed by atoms with Crippen LogP contribution < -0.4 is 5.32 Å². The smallest absolute Gasteiger partial charge is 0.257 e. The SMILES string of the molecule is O=C(Nc1nc(-c2cccs2)c(-c2cccs2)s1)[C@@H]1COCCO1. The molecule has 4 rings (SSSR count). The Labute approximate surface area is 150 Å². The Morgan fingerprint density at radius 3 is 2.62 bits per heavy atom. The van der Waals surface area contributed by atoms with Gasteiger partial charge in [-0.05, 0) is 22.9 Å². The summed E-state index contributed by atoms with van der Waals surface area (Å²) in [5, 5.41) is 7.52. The van der Waals surface area contributed by atoms with Crippen LogP contribution in [0.4, 0.5) is 5.13 Å². The Morgan fingerprint density at radius 2 is 1.96 bits per heavy atom. The number of hydrogen-bond acceptors (Lipinski definition) is 7. The van der Waals surface area contributed by atoms with Crippen molar-refractivity contribution in [3.8, 4) is 20.3 Å². The third-order valence-corrected chi connectivity index (χ3v) is 6.36. The molecule has 1 saturated heterocycles. The summed E-state index contributed by atoms with van der Waals surface area (Å²) in [6, 6.07) is 8.13. The van der Waals surface area contributed by atoms with E-state index in [1.807, 2.05) is 29.0 Å². The molecule has 0 bridgehead atoms. The Balaban J connectivity index is 1.62. The molecule has 1 fully saturated rings. The Kier molecular flexibility index (Phi) is 4.72. The summed E-state index contributed by atoms with van der Waals surface area (Å²) in [4.78, 5) is 20.3. The van der Waals surface area contributed by atoms with Gasteiger partial charge in [0.15, 0.2) is 11.2 Å². The highest BCUT2D eigenvalue weighted by Gasteiger charge is 2.25. The molecule has 1 aliphatic rings. The van der Waals surface area contributed by atoms with Crippen LogP contribution in [0.2, 0.25) is 0 Å². The molecule has 124 valence electrons. The Morgan fingerprint density at radius 1 is 1.17 bits per heavy atom. The molecule has 0 spiro atoms. The molecule has 1 amide bonds. The minimum atomic E-state index is -0.571. The van der Waals surface area contributed by atoms with E-state index in [0.29, 0.717) is 18.3 Å². The van der Waals surface area contributed by atoms with Gasteiger partial charge in [-0.1, -0.05) is 23.5 Å². The number of thiophene rings is 2. The zero-order valence-electron chi connectivity index (χ0n) is 12.6. The van der Waals surface area contributed by atoms with Crippen LogP contribution in [0.15, 0.2) is 35.0 Å². The molecule has 0 aromatic carbocycles. The maximum Gasteiger partial charge on any atom is 0.257 e. The van der Waals surface area contributed by atoms with Crippen LogP contribution in [0, 0.1) is 0 Å². The molecular formula is C16H14N2O3S3. The summed E-state index contributed by atoms with van der Waals surface area (Å²) in [5.41, 5.74) is 0.911. The van der Waals surface area contributed by atoms with E-state index in [1.165, 1.54) is 11.3 Å². The summed E-state index contributed by atoms with van der Waals surface area (Å²) < 4.78 is 10.7. The van der Waals surface area contributed by atoms with Crippen LogP contribution >= 0.6 is 34.0 Å². The average molecular weight is 379 g/mol.